The highest BCUT2D eigenvalue weighted by Crippen LogP contribution is 2.30. The molecule has 0 fully saturated rings. The fourth-order valence-electron chi connectivity index (χ4n) is 2.63. The van der Waals surface area contributed by atoms with E-state index in [2.05, 4.69) is 0 Å². The van der Waals surface area contributed by atoms with Crippen LogP contribution in [-0.4, -0.2) is 43.8 Å². The van der Waals surface area contributed by atoms with E-state index in [1.165, 1.54) is 7.11 Å². The van der Waals surface area contributed by atoms with Crippen molar-refractivity contribution >= 4 is 27.3 Å². The number of hydrogen-bond acceptors (Lipinski definition) is 6. The van der Waals surface area contributed by atoms with Gasteiger partial charge >= 0.3 is 0 Å². The van der Waals surface area contributed by atoms with Gasteiger partial charge in [0.1, 0.15) is 10.6 Å². The summed E-state index contributed by atoms with van der Waals surface area (Å²) in [6, 6.07) is 4.34. The van der Waals surface area contributed by atoms with Gasteiger partial charge < -0.3 is 10.1 Å². The largest absolute Gasteiger partial charge is 0.495 e. The van der Waals surface area contributed by atoms with Crippen LogP contribution in [0.4, 0.5) is 24.5 Å². The van der Waals surface area contributed by atoms with Gasteiger partial charge in [0.15, 0.2) is 17.5 Å². The molecule has 2 aromatic rings. The lowest BCUT2D eigenvalue weighted by Crippen LogP contribution is -2.38. The molecule has 1 N–H and O–H groups in total. The summed E-state index contributed by atoms with van der Waals surface area (Å²) in [7, 11) is -3.29. The summed E-state index contributed by atoms with van der Waals surface area (Å²) in [5, 5.41) is 13.0. The van der Waals surface area contributed by atoms with Crippen LogP contribution in [0, 0.1) is 27.6 Å². The van der Waals surface area contributed by atoms with Crippen LogP contribution in [0.25, 0.3) is 0 Å². The van der Waals surface area contributed by atoms with Gasteiger partial charge in [-0.2, -0.15) is 4.31 Å². The lowest BCUT2D eigenvalue weighted by atomic mass is 10.2. The third kappa shape index (κ3) is 5.30. The number of anilines is 1. The number of hydrogen-bond donors (Lipinski definition) is 1. The molecule has 0 radical (unpaired) electrons. The topological polar surface area (TPSA) is 119 Å². The number of amides is 1. The third-order valence-corrected chi connectivity index (χ3v) is 5.94. The standard InChI is InChI=1S/C18H18F3N3O6S/c1-3-8-23(10-16(25)22-13-6-5-12(19)17(20)18(13)21)31(28,29)15-9-11(24(26)27)4-7-14(15)30-2/h4-7,9H,3,8,10H2,1-2H3,(H,22,25). The maximum Gasteiger partial charge on any atom is 0.271 e. The first kappa shape index (κ1) is 24.1. The van der Waals surface area contributed by atoms with E-state index in [9.17, 15) is 36.5 Å². The van der Waals surface area contributed by atoms with Gasteiger partial charge in [0, 0.05) is 18.7 Å². The van der Waals surface area contributed by atoms with Crippen molar-refractivity contribution in [1.82, 2.24) is 4.31 Å². The molecule has 0 saturated carbocycles. The molecule has 2 aromatic carbocycles. The second kappa shape index (κ2) is 9.75. The van der Waals surface area contributed by atoms with Crippen LogP contribution < -0.4 is 10.1 Å². The maximum atomic E-state index is 13.8. The summed E-state index contributed by atoms with van der Waals surface area (Å²) in [4.78, 5) is 22.0. The minimum atomic E-state index is -4.46. The minimum absolute atomic E-state index is 0.165. The van der Waals surface area contributed by atoms with Gasteiger partial charge in [0.2, 0.25) is 15.9 Å². The van der Waals surface area contributed by atoms with E-state index in [4.69, 9.17) is 4.74 Å². The number of sulfonamides is 1. The Balaban J connectivity index is 2.37. The van der Waals surface area contributed by atoms with Gasteiger partial charge in [-0.3, -0.25) is 14.9 Å². The second-order valence-corrected chi connectivity index (χ2v) is 8.11. The molecule has 0 saturated heterocycles. The van der Waals surface area contributed by atoms with E-state index in [1.807, 2.05) is 5.32 Å². The molecule has 2 rings (SSSR count). The van der Waals surface area contributed by atoms with Gasteiger partial charge in [-0.05, 0) is 24.6 Å². The van der Waals surface area contributed by atoms with E-state index in [-0.39, 0.29) is 18.7 Å². The molecule has 0 bridgehead atoms. The number of nitro groups is 1. The Hall–Kier alpha value is -3.19. The molecule has 13 heteroatoms. The highest BCUT2D eigenvalue weighted by Gasteiger charge is 2.31. The molecular weight excluding hydrogens is 443 g/mol. The zero-order chi connectivity index (χ0) is 23.3. The Morgan fingerprint density at radius 2 is 1.87 bits per heavy atom. The van der Waals surface area contributed by atoms with Crippen molar-refractivity contribution in [1.29, 1.82) is 0 Å². The van der Waals surface area contributed by atoms with Gasteiger partial charge in [0.25, 0.3) is 5.69 Å². The number of benzene rings is 2. The SMILES string of the molecule is CCCN(CC(=O)Nc1ccc(F)c(F)c1F)S(=O)(=O)c1cc([N+](=O)[O-])ccc1OC. The highest BCUT2D eigenvalue weighted by atomic mass is 32.2. The number of nitrogens with one attached hydrogen (secondary N) is 1. The second-order valence-electron chi connectivity index (χ2n) is 6.20. The summed E-state index contributed by atoms with van der Waals surface area (Å²) in [6.07, 6.45) is 0.267. The molecule has 168 valence electrons. The normalized spacial score (nSPS) is 11.4. The van der Waals surface area contributed by atoms with E-state index in [0.717, 1.165) is 24.3 Å². The Labute approximate surface area is 175 Å². The zero-order valence-corrected chi connectivity index (χ0v) is 17.2. The number of halogens is 3. The van der Waals surface area contributed by atoms with E-state index in [1.54, 1.807) is 6.92 Å². The average molecular weight is 461 g/mol. The lowest BCUT2D eigenvalue weighted by Gasteiger charge is -2.22. The molecule has 0 heterocycles. The van der Waals surface area contributed by atoms with Crippen LogP contribution in [0.1, 0.15) is 13.3 Å². The molecular formula is C18H18F3N3O6S. The first-order valence-electron chi connectivity index (χ1n) is 8.78. The predicted octanol–water partition coefficient (Wildman–Crippen LogP) is 3.06. The zero-order valence-electron chi connectivity index (χ0n) is 16.4. The Morgan fingerprint density at radius 1 is 1.19 bits per heavy atom. The molecule has 0 spiro atoms. The van der Waals surface area contributed by atoms with Crippen LogP contribution in [-0.2, 0) is 14.8 Å². The molecule has 0 unspecified atom stereocenters. The molecule has 0 atom stereocenters. The quantitative estimate of drug-likeness (QED) is 0.348. The minimum Gasteiger partial charge on any atom is -0.495 e. The number of methoxy groups -OCH3 is 1. The van der Waals surface area contributed by atoms with Crippen molar-refractivity contribution in [3.8, 4) is 5.75 Å². The number of nitrogens with zero attached hydrogens (tertiary/aromatic N) is 2. The average Bonchev–Trinajstić information content (AvgIpc) is 2.73. The van der Waals surface area contributed by atoms with Crippen molar-refractivity contribution < 1.29 is 36.0 Å². The first-order valence-corrected chi connectivity index (χ1v) is 10.2. The number of rotatable bonds is 9. The Morgan fingerprint density at radius 3 is 2.45 bits per heavy atom. The predicted molar refractivity (Wildman–Crippen MR) is 104 cm³/mol. The molecule has 0 aliphatic heterocycles. The van der Waals surface area contributed by atoms with Crippen molar-refractivity contribution in [2.24, 2.45) is 0 Å². The number of carbonyl (C=O) groups excluding carboxylic acids is 1. The number of non-ortho nitro benzene ring substituents is 1. The molecule has 1 amide bonds. The number of ether oxygens (including phenoxy) is 1. The fraction of sp³-hybridized carbons (Fsp3) is 0.278. The van der Waals surface area contributed by atoms with Crippen LogP contribution in [0.3, 0.4) is 0 Å². The Kier molecular flexibility index (Phi) is 7.57. The van der Waals surface area contributed by atoms with Gasteiger partial charge in [-0.25, -0.2) is 21.6 Å². The summed E-state index contributed by atoms with van der Waals surface area (Å²) in [5.41, 5.74) is -1.19. The van der Waals surface area contributed by atoms with Crippen LogP contribution in [0.2, 0.25) is 0 Å². The van der Waals surface area contributed by atoms with Crippen molar-refractivity contribution in [3.05, 3.63) is 57.9 Å². The van der Waals surface area contributed by atoms with Gasteiger partial charge in [0.05, 0.1) is 24.3 Å². The highest BCUT2D eigenvalue weighted by molar-refractivity contribution is 7.89. The summed E-state index contributed by atoms with van der Waals surface area (Å²) in [5.74, 6) is -6.11. The van der Waals surface area contributed by atoms with Crippen LogP contribution >= 0.6 is 0 Å². The number of nitro benzene ring substituents is 1. The summed E-state index contributed by atoms with van der Waals surface area (Å²) in [6.45, 7) is 0.641. The van der Waals surface area contributed by atoms with Crippen molar-refractivity contribution in [2.45, 2.75) is 18.2 Å². The smallest absolute Gasteiger partial charge is 0.271 e. The van der Waals surface area contributed by atoms with Crippen molar-refractivity contribution in [3.63, 3.8) is 0 Å². The van der Waals surface area contributed by atoms with Crippen LogP contribution in [0.15, 0.2) is 35.2 Å². The molecule has 0 aromatic heterocycles. The van der Waals surface area contributed by atoms with Crippen LogP contribution in [0.5, 0.6) is 5.75 Å². The van der Waals surface area contributed by atoms with Crippen molar-refractivity contribution in [2.75, 3.05) is 25.5 Å². The lowest BCUT2D eigenvalue weighted by molar-refractivity contribution is -0.385. The Bertz CT molecular complexity index is 1110. The van der Waals surface area contributed by atoms with E-state index < -0.39 is 61.1 Å². The van der Waals surface area contributed by atoms with E-state index in [0.29, 0.717) is 10.4 Å². The maximum absolute atomic E-state index is 13.8. The third-order valence-electron chi connectivity index (χ3n) is 4.08. The summed E-state index contributed by atoms with van der Waals surface area (Å²) < 4.78 is 72.0. The number of carbonyl (C=O) groups is 1. The summed E-state index contributed by atoms with van der Waals surface area (Å²) >= 11 is 0. The van der Waals surface area contributed by atoms with Gasteiger partial charge in [-0.1, -0.05) is 6.92 Å². The van der Waals surface area contributed by atoms with E-state index >= 15 is 0 Å². The first-order chi connectivity index (χ1) is 14.5. The fourth-order valence-corrected chi connectivity index (χ4v) is 4.29. The molecule has 31 heavy (non-hydrogen) atoms. The monoisotopic (exact) mass is 461 g/mol. The molecule has 0 aliphatic carbocycles. The molecule has 0 aliphatic rings. The van der Waals surface area contributed by atoms with Gasteiger partial charge in [-0.15, -0.1) is 0 Å². The molecule has 9 nitrogen and oxygen atoms in total.